The van der Waals surface area contributed by atoms with E-state index < -0.39 is 15.4 Å². The van der Waals surface area contributed by atoms with Crippen molar-refractivity contribution < 1.29 is 13.2 Å². The zero-order valence-electron chi connectivity index (χ0n) is 16.7. The van der Waals surface area contributed by atoms with E-state index >= 15 is 0 Å². The number of nitrogens with one attached hydrogen (secondary N) is 1. The molecule has 29 heavy (non-hydrogen) atoms. The van der Waals surface area contributed by atoms with Crippen molar-refractivity contribution in [1.29, 1.82) is 0 Å². The molecule has 3 heterocycles. The fourth-order valence-electron chi connectivity index (χ4n) is 3.79. The van der Waals surface area contributed by atoms with Crippen molar-refractivity contribution in [2.75, 3.05) is 11.5 Å². The van der Waals surface area contributed by atoms with Crippen LogP contribution >= 0.6 is 0 Å². The monoisotopic (exact) mass is 412 g/mol. The first-order chi connectivity index (χ1) is 13.7. The van der Waals surface area contributed by atoms with Crippen molar-refractivity contribution in [2.24, 2.45) is 0 Å². The molecule has 1 N–H and O–H groups in total. The largest absolute Gasteiger partial charge is 0.346 e. The molecule has 1 aliphatic rings. The fraction of sp³-hybridized carbons (Fsp3) is 0.381. The third kappa shape index (κ3) is 3.76. The molecule has 0 aliphatic carbocycles. The molecule has 1 aliphatic heterocycles. The van der Waals surface area contributed by atoms with Crippen molar-refractivity contribution in [3.63, 3.8) is 0 Å². The molecular weight excluding hydrogens is 388 g/mol. The first kappa shape index (κ1) is 19.6. The van der Waals surface area contributed by atoms with Crippen LogP contribution in [0.15, 0.2) is 42.6 Å². The van der Waals surface area contributed by atoms with Crippen LogP contribution in [0.1, 0.15) is 43.6 Å². The number of hydrogen-bond acceptors (Lipinski definition) is 5. The molecule has 2 aromatic heterocycles. The standard InChI is InChI=1S/C21H24N4O3S/c1-14(2)25-19-17(12-22-25)16(11-18(23-19)15-7-5-4-6-8-15)20(26)24-21(3)9-10-29(27,28)13-21/h4-8,11-12,14H,9-10,13H2,1-3H3,(H,24,26)/t21-/m1/s1. The molecule has 3 aromatic rings. The van der Waals surface area contributed by atoms with Crippen LogP contribution in [0.2, 0.25) is 0 Å². The SMILES string of the molecule is CC(C)n1ncc2c(C(=O)N[C@]3(C)CCS(=O)(=O)C3)cc(-c3ccccc3)nc21. The number of carbonyl (C=O) groups excluding carboxylic acids is 1. The maximum atomic E-state index is 13.2. The third-order valence-electron chi connectivity index (χ3n) is 5.29. The number of aromatic nitrogens is 3. The lowest BCUT2D eigenvalue weighted by molar-refractivity contribution is 0.0917. The Bertz CT molecular complexity index is 1190. The Balaban J connectivity index is 1.81. The van der Waals surface area contributed by atoms with Gasteiger partial charge in [-0.05, 0) is 33.3 Å². The van der Waals surface area contributed by atoms with E-state index in [9.17, 15) is 13.2 Å². The van der Waals surface area contributed by atoms with Gasteiger partial charge in [0.25, 0.3) is 5.91 Å². The number of hydrogen-bond donors (Lipinski definition) is 1. The summed E-state index contributed by atoms with van der Waals surface area (Å²) in [5, 5.41) is 8.03. The predicted molar refractivity (Wildman–Crippen MR) is 112 cm³/mol. The molecule has 0 saturated carbocycles. The molecule has 1 aromatic carbocycles. The van der Waals surface area contributed by atoms with Gasteiger partial charge >= 0.3 is 0 Å². The van der Waals surface area contributed by atoms with Gasteiger partial charge in [0.2, 0.25) is 0 Å². The van der Waals surface area contributed by atoms with Gasteiger partial charge in [0.05, 0.1) is 39.9 Å². The van der Waals surface area contributed by atoms with Gasteiger partial charge in [-0.15, -0.1) is 0 Å². The molecular formula is C21H24N4O3S. The summed E-state index contributed by atoms with van der Waals surface area (Å²) in [5.41, 5.74) is 1.89. The van der Waals surface area contributed by atoms with Crippen molar-refractivity contribution in [1.82, 2.24) is 20.1 Å². The first-order valence-corrected chi connectivity index (χ1v) is 11.5. The Morgan fingerprint density at radius 1 is 1.24 bits per heavy atom. The molecule has 0 spiro atoms. The minimum Gasteiger partial charge on any atom is -0.346 e. The van der Waals surface area contributed by atoms with E-state index in [-0.39, 0.29) is 23.5 Å². The molecule has 8 heteroatoms. The Morgan fingerprint density at radius 2 is 1.97 bits per heavy atom. The Kier molecular flexibility index (Phi) is 4.69. The van der Waals surface area contributed by atoms with Crippen LogP contribution in [-0.2, 0) is 9.84 Å². The number of pyridine rings is 1. The van der Waals surface area contributed by atoms with Gasteiger partial charge in [0, 0.05) is 11.6 Å². The van der Waals surface area contributed by atoms with Crippen molar-refractivity contribution >= 4 is 26.8 Å². The van der Waals surface area contributed by atoms with Crippen LogP contribution in [0, 0.1) is 0 Å². The summed E-state index contributed by atoms with van der Waals surface area (Å²) in [6.07, 6.45) is 2.06. The minimum atomic E-state index is -3.13. The molecule has 0 radical (unpaired) electrons. The highest BCUT2D eigenvalue weighted by Crippen LogP contribution is 2.28. The third-order valence-corrected chi connectivity index (χ3v) is 7.19. The van der Waals surface area contributed by atoms with Crippen molar-refractivity contribution in [2.45, 2.75) is 38.8 Å². The number of nitrogens with zero attached hydrogens (tertiary/aromatic N) is 3. The van der Waals surface area contributed by atoms with Crippen molar-refractivity contribution in [3.8, 4) is 11.3 Å². The Hall–Kier alpha value is -2.74. The molecule has 152 valence electrons. The summed E-state index contributed by atoms with van der Waals surface area (Å²) in [4.78, 5) is 18.0. The maximum absolute atomic E-state index is 13.2. The topological polar surface area (TPSA) is 94.0 Å². The van der Waals surface area contributed by atoms with E-state index in [0.29, 0.717) is 28.7 Å². The zero-order valence-corrected chi connectivity index (χ0v) is 17.5. The van der Waals surface area contributed by atoms with Gasteiger partial charge in [-0.2, -0.15) is 5.10 Å². The summed E-state index contributed by atoms with van der Waals surface area (Å²) in [5.74, 6) is -0.259. The van der Waals surface area contributed by atoms with Gasteiger partial charge in [-0.1, -0.05) is 30.3 Å². The smallest absolute Gasteiger partial charge is 0.252 e. The lowest BCUT2D eigenvalue weighted by Crippen LogP contribution is -2.47. The highest BCUT2D eigenvalue weighted by molar-refractivity contribution is 7.91. The normalized spacial score (nSPS) is 21.0. The molecule has 1 saturated heterocycles. The second-order valence-corrected chi connectivity index (χ2v) is 10.4. The van der Waals surface area contributed by atoms with Crippen LogP contribution in [0.4, 0.5) is 0 Å². The van der Waals surface area contributed by atoms with Crippen LogP contribution in [-0.4, -0.2) is 46.1 Å². The van der Waals surface area contributed by atoms with E-state index in [4.69, 9.17) is 4.98 Å². The number of carbonyl (C=O) groups is 1. The molecule has 0 unspecified atom stereocenters. The summed E-state index contributed by atoms with van der Waals surface area (Å²) in [6.45, 7) is 5.80. The first-order valence-electron chi connectivity index (χ1n) is 9.64. The average molecular weight is 413 g/mol. The number of rotatable bonds is 4. The van der Waals surface area contributed by atoms with E-state index in [2.05, 4.69) is 10.4 Å². The highest BCUT2D eigenvalue weighted by atomic mass is 32.2. The minimum absolute atomic E-state index is 0.0449. The molecule has 0 bridgehead atoms. The van der Waals surface area contributed by atoms with Gasteiger partial charge in [0.1, 0.15) is 0 Å². The summed E-state index contributed by atoms with van der Waals surface area (Å²) in [6, 6.07) is 11.5. The summed E-state index contributed by atoms with van der Waals surface area (Å²) in [7, 11) is -3.13. The van der Waals surface area contributed by atoms with Crippen LogP contribution in [0.3, 0.4) is 0 Å². The number of sulfone groups is 1. The highest BCUT2D eigenvalue weighted by Gasteiger charge is 2.40. The van der Waals surface area contributed by atoms with E-state index in [0.717, 1.165) is 5.56 Å². The van der Waals surface area contributed by atoms with Crippen molar-refractivity contribution in [3.05, 3.63) is 48.2 Å². The number of fused-ring (bicyclic) bond motifs is 1. The van der Waals surface area contributed by atoms with E-state index in [1.54, 1.807) is 23.9 Å². The Morgan fingerprint density at radius 3 is 2.59 bits per heavy atom. The molecule has 1 amide bonds. The molecule has 4 rings (SSSR count). The zero-order chi connectivity index (χ0) is 20.8. The average Bonchev–Trinajstić information content (AvgIpc) is 3.21. The van der Waals surface area contributed by atoms with Gasteiger partial charge in [-0.25, -0.2) is 18.1 Å². The van der Waals surface area contributed by atoms with Gasteiger partial charge in [-0.3, -0.25) is 4.79 Å². The molecule has 7 nitrogen and oxygen atoms in total. The fourth-order valence-corrected chi connectivity index (χ4v) is 5.88. The summed E-state index contributed by atoms with van der Waals surface area (Å²) < 4.78 is 25.6. The predicted octanol–water partition coefficient (Wildman–Crippen LogP) is 2.99. The van der Waals surface area contributed by atoms with Crippen LogP contribution in [0.25, 0.3) is 22.3 Å². The summed E-state index contributed by atoms with van der Waals surface area (Å²) >= 11 is 0. The van der Waals surface area contributed by atoms with E-state index in [1.165, 1.54) is 0 Å². The number of benzene rings is 1. The second kappa shape index (κ2) is 6.95. The van der Waals surface area contributed by atoms with E-state index in [1.807, 2.05) is 44.2 Å². The number of amides is 1. The maximum Gasteiger partial charge on any atom is 0.252 e. The molecule has 1 fully saturated rings. The van der Waals surface area contributed by atoms with Crippen LogP contribution < -0.4 is 5.32 Å². The lowest BCUT2D eigenvalue weighted by atomic mass is 10.00. The Labute approximate surface area is 170 Å². The lowest BCUT2D eigenvalue weighted by Gasteiger charge is -2.24. The molecule has 1 atom stereocenters. The van der Waals surface area contributed by atoms with Gasteiger partial charge < -0.3 is 5.32 Å². The second-order valence-electron chi connectivity index (χ2n) is 8.20. The van der Waals surface area contributed by atoms with Crippen LogP contribution in [0.5, 0.6) is 0 Å². The quantitative estimate of drug-likeness (QED) is 0.711. The van der Waals surface area contributed by atoms with Gasteiger partial charge in [0.15, 0.2) is 15.5 Å².